The molecule has 0 spiro atoms. The van der Waals surface area contributed by atoms with Crippen LogP contribution in [0.4, 0.5) is 0 Å². The fourth-order valence-electron chi connectivity index (χ4n) is 2.20. The number of aromatic nitrogens is 5. The van der Waals surface area contributed by atoms with Crippen LogP contribution in [0.2, 0.25) is 0 Å². The Balaban J connectivity index is 2.24. The maximum absolute atomic E-state index is 12.2. The number of fused-ring (bicyclic) bond motifs is 1. The summed E-state index contributed by atoms with van der Waals surface area (Å²) >= 11 is 0. The molecular formula is C13H13N5O2. The van der Waals surface area contributed by atoms with Gasteiger partial charge < -0.3 is 4.57 Å². The van der Waals surface area contributed by atoms with Crippen molar-refractivity contribution >= 4 is 11.2 Å². The third kappa shape index (κ3) is 1.75. The molecule has 0 atom stereocenters. The Kier molecular flexibility index (Phi) is 2.74. The first kappa shape index (κ1) is 12.3. The molecule has 3 heterocycles. The number of pyridine rings is 1. The summed E-state index contributed by atoms with van der Waals surface area (Å²) in [5.74, 6) is 0. The summed E-state index contributed by atoms with van der Waals surface area (Å²) < 4.78 is 4.21. The van der Waals surface area contributed by atoms with Crippen molar-refractivity contribution in [2.24, 2.45) is 14.1 Å². The Bertz CT molecular complexity index is 889. The van der Waals surface area contributed by atoms with E-state index in [1.807, 2.05) is 12.1 Å². The van der Waals surface area contributed by atoms with E-state index in [9.17, 15) is 9.59 Å². The lowest BCUT2D eigenvalue weighted by molar-refractivity contribution is 0.702. The third-order valence-corrected chi connectivity index (χ3v) is 3.32. The van der Waals surface area contributed by atoms with Crippen LogP contribution < -0.4 is 11.2 Å². The molecule has 0 aromatic carbocycles. The second-order valence-electron chi connectivity index (χ2n) is 4.61. The van der Waals surface area contributed by atoms with Crippen LogP contribution in [-0.4, -0.2) is 23.7 Å². The van der Waals surface area contributed by atoms with Crippen LogP contribution in [0.5, 0.6) is 0 Å². The normalized spacial score (nSPS) is 11.1. The fraction of sp³-hybridized carbons (Fsp3) is 0.231. The summed E-state index contributed by atoms with van der Waals surface area (Å²) in [5, 5.41) is 0. The van der Waals surface area contributed by atoms with Gasteiger partial charge in [-0.05, 0) is 17.7 Å². The number of imidazole rings is 1. The highest BCUT2D eigenvalue weighted by molar-refractivity contribution is 5.70. The first-order chi connectivity index (χ1) is 9.59. The summed E-state index contributed by atoms with van der Waals surface area (Å²) in [6.45, 7) is 0.506. The van der Waals surface area contributed by atoms with Gasteiger partial charge in [-0.2, -0.15) is 0 Å². The van der Waals surface area contributed by atoms with Crippen molar-refractivity contribution in [3.63, 3.8) is 0 Å². The zero-order valence-electron chi connectivity index (χ0n) is 11.1. The van der Waals surface area contributed by atoms with Gasteiger partial charge in [0.05, 0.1) is 6.33 Å². The van der Waals surface area contributed by atoms with Crippen LogP contribution in [0.15, 0.2) is 40.4 Å². The van der Waals surface area contributed by atoms with E-state index in [1.54, 1.807) is 30.3 Å². The number of hydrogen-bond donors (Lipinski definition) is 0. The first-order valence-electron chi connectivity index (χ1n) is 6.09. The quantitative estimate of drug-likeness (QED) is 0.651. The Morgan fingerprint density at radius 1 is 1.10 bits per heavy atom. The average molecular weight is 271 g/mol. The molecule has 0 aliphatic heterocycles. The van der Waals surface area contributed by atoms with Crippen LogP contribution in [0.3, 0.4) is 0 Å². The summed E-state index contributed by atoms with van der Waals surface area (Å²) in [7, 11) is 3.07. The van der Waals surface area contributed by atoms with Crippen LogP contribution in [0.25, 0.3) is 11.2 Å². The highest BCUT2D eigenvalue weighted by Gasteiger charge is 2.14. The van der Waals surface area contributed by atoms with Crippen molar-refractivity contribution in [1.29, 1.82) is 0 Å². The highest BCUT2D eigenvalue weighted by Crippen LogP contribution is 2.08. The molecule has 20 heavy (non-hydrogen) atoms. The lowest BCUT2D eigenvalue weighted by atomic mass is 10.2. The van der Waals surface area contributed by atoms with Crippen LogP contribution >= 0.6 is 0 Å². The summed E-state index contributed by atoms with van der Waals surface area (Å²) in [6.07, 6.45) is 4.97. The Morgan fingerprint density at radius 2 is 1.80 bits per heavy atom. The van der Waals surface area contributed by atoms with Gasteiger partial charge in [-0.25, -0.2) is 9.78 Å². The number of hydrogen-bond acceptors (Lipinski definition) is 4. The molecule has 3 aromatic rings. The second kappa shape index (κ2) is 4.44. The molecule has 0 radical (unpaired) electrons. The molecule has 7 nitrogen and oxygen atoms in total. The predicted octanol–water partition coefficient (Wildman–Crippen LogP) is -0.123. The second-order valence-corrected chi connectivity index (χ2v) is 4.61. The van der Waals surface area contributed by atoms with E-state index in [4.69, 9.17) is 0 Å². The minimum Gasteiger partial charge on any atom is -0.320 e. The van der Waals surface area contributed by atoms with Crippen molar-refractivity contribution in [1.82, 2.24) is 23.7 Å². The van der Waals surface area contributed by atoms with E-state index < -0.39 is 0 Å². The lowest BCUT2D eigenvalue weighted by Crippen LogP contribution is -2.37. The van der Waals surface area contributed by atoms with E-state index in [2.05, 4.69) is 9.97 Å². The van der Waals surface area contributed by atoms with Crippen molar-refractivity contribution in [2.45, 2.75) is 6.54 Å². The molecule has 0 bridgehead atoms. The van der Waals surface area contributed by atoms with Crippen molar-refractivity contribution in [2.75, 3.05) is 0 Å². The van der Waals surface area contributed by atoms with Gasteiger partial charge in [0, 0.05) is 33.0 Å². The average Bonchev–Trinajstić information content (AvgIpc) is 2.88. The molecule has 0 N–H and O–H groups in total. The van der Waals surface area contributed by atoms with Crippen molar-refractivity contribution in [3.8, 4) is 0 Å². The maximum Gasteiger partial charge on any atom is 0.332 e. The largest absolute Gasteiger partial charge is 0.332 e. The topological polar surface area (TPSA) is 74.7 Å². The molecule has 3 aromatic heterocycles. The monoisotopic (exact) mass is 271 g/mol. The Hall–Kier alpha value is -2.70. The number of rotatable bonds is 2. The molecule has 0 amide bonds. The molecule has 0 unspecified atom stereocenters. The molecule has 0 fully saturated rings. The summed E-state index contributed by atoms with van der Waals surface area (Å²) in [6, 6.07) is 3.75. The first-order valence-corrected chi connectivity index (χ1v) is 6.09. The van der Waals surface area contributed by atoms with Crippen molar-refractivity contribution < 1.29 is 0 Å². The SMILES string of the molecule is Cn1c(=O)c2c(ncn2Cc2ccncc2)n(C)c1=O. The van der Waals surface area contributed by atoms with Gasteiger partial charge in [0.25, 0.3) is 5.56 Å². The van der Waals surface area contributed by atoms with Crippen molar-refractivity contribution in [3.05, 3.63) is 57.3 Å². The standard InChI is InChI=1S/C13H13N5O2/c1-16-11-10(12(19)17(2)13(16)20)18(8-15-11)7-9-3-5-14-6-4-9/h3-6,8H,7H2,1-2H3. The zero-order chi connectivity index (χ0) is 14.3. The Morgan fingerprint density at radius 3 is 2.50 bits per heavy atom. The molecule has 0 aliphatic rings. The summed E-state index contributed by atoms with van der Waals surface area (Å²) in [4.78, 5) is 32.2. The smallest absolute Gasteiger partial charge is 0.320 e. The van der Waals surface area contributed by atoms with Gasteiger partial charge >= 0.3 is 5.69 Å². The van der Waals surface area contributed by atoms with Gasteiger partial charge in [0.1, 0.15) is 0 Å². The number of aryl methyl sites for hydroxylation is 1. The van der Waals surface area contributed by atoms with Crippen LogP contribution in [0.1, 0.15) is 5.56 Å². The molecule has 0 aliphatic carbocycles. The minimum atomic E-state index is -0.378. The fourth-order valence-corrected chi connectivity index (χ4v) is 2.20. The zero-order valence-corrected chi connectivity index (χ0v) is 11.1. The minimum absolute atomic E-state index is 0.338. The predicted molar refractivity (Wildman–Crippen MR) is 73.6 cm³/mol. The lowest BCUT2D eigenvalue weighted by Gasteiger charge is -2.06. The molecule has 3 rings (SSSR count). The highest BCUT2D eigenvalue weighted by atomic mass is 16.2. The van der Waals surface area contributed by atoms with Gasteiger partial charge in [0.2, 0.25) is 0 Å². The van der Waals surface area contributed by atoms with Gasteiger partial charge in [0.15, 0.2) is 11.2 Å². The van der Waals surface area contributed by atoms with E-state index >= 15 is 0 Å². The van der Waals surface area contributed by atoms with Gasteiger partial charge in [-0.15, -0.1) is 0 Å². The van der Waals surface area contributed by atoms with Crippen LogP contribution in [0, 0.1) is 0 Å². The van der Waals surface area contributed by atoms with E-state index in [-0.39, 0.29) is 11.2 Å². The number of nitrogens with zero attached hydrogens (tertiary/aromatic N) is 5. The molecule has 0 saturated carbocycles. The molecule has 0 saturated heterocycles. The van der Waals surface area contributed by atoms with Gasteiger partial charge in [-0.1, -0.05) is 0 Å². The van der Waals surface area contributed by atoms with Crippen LogP contribution in [-0.2, 0) is 20.6 Å². The summed E-state index contributed by atoms with van der Waals surface area (Å²) in [5.41, 5.74) is 1.11. The van der Waals surface area contributed by atoms with Gasteiger partial charge in [-0.3, -0.25) is 18.9 Å². The Labute approximate surface area is 113 Å². The third-order valence-electron chi connectivity index (χ3n) is 3.32. The molecular weight excluding hydrogens is 258 g/mol. The van der Waals surface area contributed by atoms with E-state index in [1.165, 1.54) is 11.6 Å². The van der Waals surface area contributed by atoms with E-state index in [0.717, 1.165) is 10.1 Å². The molecule has 7 heteroatoms. The van der Waals surface area contributed by atoms with E-state index in [0.29, 0.717) is 17.7 Å². The molecule has 102 valence electrons. The maximum atomic E-state index is 12.2.